The normalized spacial score (nSPS) is 15.6. The lowest BCUT2D eigenvalue weighted by atomic mass is 9.88. The molecule has 0 bridgehead atoms. The second kappa shape index (κ2) is 7.63. The minimum atomic E-state index is -1.12. The van der Waals surface area contributed by atoms with E-state index in [1.807, 2.05) is 24.3 Å². The van der Waals surface area contributed by atoms with Crippen LogP contribution in [0.1, 0.15) is 22.7 Å². The Bertz CT molecular complexity index is 1050. The fourth-order valence-electron chi connectivity index (χ4n) is 3.62. The molecule has 29 heavy (non-hydrogen) atoms. The van der Waals surface area contributed by atoms with Crippen molar-refractivity contribution in [2.75, 3.05) is 13.2 Å². The van der Waals surface area contributed by atoms with Gasteiger partial charge < -0.3 is 14.9 Å². The molecule has 148 valence electrons. The van der Waals surface area contributed by atoms with Crippen molar-refractivity contribution in [3.63, 3.8) is 0 Å². The number of nitrogens with zero attached hydrogens (tertiary/aromatic N) is 4. The van der Waals surface area contributed by atoms with E-state index in [0.717, 1.165) is 11.1 Å². The summed E-state index contributed by atoms with van der Waals surface area (Å²) in [4.78, 5) is 24.4. The summed E-state index contributed by atoms with van der Waals surface area (Å²) in [6, 6.07) is 12.1. The van der Waals surface area contributed by atoms with E-state index >= 15 is 0 Å². The van der Waals surface area contributed by atoms with Crippen LogP contribution in [0.15, 0.2) is 54.9 Å². The van der Waals surface area contributed by atoms with Crippen molar-refractivity contribution in [3.05, 3.63) is 71.5 Å². The smallest absolute Gasteiger partial charge is 0.408 e. The first-order valence-corrected chi connectivity index (χ1v) is 8.97. The van der Waals surface area contributed by atoms with Crippen LogP contribution in [0.5, 0.6) is 5.75 Å². The van der Waals surface area contributed by atoms with Gasteiger partial charge in [0, 0.05) is 12.1 Å². The van der Waals surface area contributed by atoms with Crippen molar-refractivity contribution in [2.45, 2.75) is 12.5 Å². The number of aromatic nitrogens is 3. The van der Waals surface area contributed by atoms with E-state index in [2.05, 4.69) is 10.3 Å². The van der Waals surface area contributed by atoms with Gasteiger partial charge in [-0.1, -0.05) is 29.5 Å². The number of amides is 1. The Morgan fingerprint density at radius 2 is 1.97 bits per heavy atom. The van der Waals surface area contributed by atoms with Crippen LogP contribution < -0.4 is 4.74 Å². The minimum Gasteiger partial charge on any atom is -0.482 e. The second-order valence-corrected chi connectivity index (χ2v) is 6.58. The number of aliphatic carboxylic acids is 1. The quantitative estimate of drug-likeness (QED) is 0.682. The van der Waals surface area contributed by atoms with Crippen LogP contribution in [-0.4, -0.2) is 55.3 Å². The molecule has 0 aliphatic carbocycles. The van der Waals surface area contributed by atoms with Crippen LogP contribution in [0.4, 0.5) is 4.79 Å². The highest BCUT2D eigenvalue weighted by Crippen LogP contribution is 2.40. The average molecular weight is 394 g/mol. The van der Waals surface area contributed by atoms with Gasteiger partial charge in [-0.05, 0) is 35.7 Å². The van der Waals surface area contributed by atoms with Crippen molar-refractivity contribution in [1.29, 1.82) is 0 Å². The summed E-state index contributed by atoms with van der Waals surface area (Å²) in [6.07, 6.45) is 2.75. The van der Waals surface area contributed by atoms with Gasteiger partial charge in [-0.25, -0.2) is 14.3 Å². The van der Waals surface area contributed by atoms with Crippen LogP contribution in [-0.2, 0) is 11.2 Å². The fraction of sp³-hybridized carbons (Fsp3) is 0.200. The molecule has 9 heteroatoms. The van der Waals surface area contributed by atoms with E-state index in [-0.39, 0.29) is 0 Å². The van der Waals surface area contributed by atoms with Gasteiger partial charge in [0.25, 0.3) is 0 Å². The lowest BCUT2D eigenvalue weighted by Gasteiger charge is -2.36. The summed E-state index contributed by atoms with van der Waals surface area (Å²) in [5, 5.41) is 26.6. The number of hydrogen-bond acceptors (Lipinski definition) is 5. The zero-order valence-electron chi connectivity index (χ0n) is 15.3. The SMILES string of the molecule is O=C(O)COc1ccc(-n2ccnn2)cc1C1c2ccccc2CCN1C(=O)O. The number of ether oxygens (including phenoxy) is 1. The Labute approximate surface area is 165 Å². The zero-order chi connectivity index (χ0) is 20.4. The lowest BCUT2D eigenvalue weighted by Crippen LogP contribution is -2.40. The monoisotopic (exact) mass is 394 g/mol. The molecule has 1 amide bonds. The summed E-state index contributed by atoms with van der Waals surface area (Å²) in [7, 11) is 0. The van der Waals surface area contributed by atoms with Gasteiger partial charge in [-0.15, -0.1) is 5.10 Å². The number of benzene rings is 2. The number of carboxylic acids is 1. The lowest BCUT2D eigenvalue weighted by molar-refractivity contribution is -0.139. The zero-order valence-corrected chi connectivity index (χ0v) is 15.3. The van der Waals surface area contributed by atoms with Crippen molar-refractivity contribution < 1.29 is 24.5 Å². The molecular formula is C20H18N4O5. The molecule has 1 aliphatic heterocycles. The molecule has 0 spiro atoms. The predicted octanol–water partition coefficient (Wildman–Crippen LogP) is 2.36. The average Bonchev–Trinajstić information content (AvgIpc) is 3.26. The topological polar surface area (TPSA) is 118 Å². The molecule has 1 unspecified atom stereocenters. The molecule has 1 aliphatic rings. The van der Waals surface area contributed by atoms with E-state index in [1.165, 1.54) is 11.1 Å². The number of hydrogen-bond donors (Lipinski definition) is 2. The van der Waals surface area contributed by atoms with E-state index in [1.54, 1.807) is 29.1 Å². The molecule has 9 nitrogen and oxygen atoms in total. The van der Waals surface area contributed by atoms with Crippen LogP contribution in [0.3, 0.4) is 0 Å². The maximum Gasteiger partial charge on any atom is 0.408 e. The molecule has 2 N–H and O–H groups in total. The van der Waals surface area contributed by atoms with E-state index < -0.39 is 24.7 Å². The Kier molecular flexibility index (Phi) is 4.86. The fourth-order valence-corrected chi connectivity index (χ4v) is 3.62. The maximum atomic E-state index is 12.0. The second-order valence-electron chi connectivity index (χ2n) is 6.58. The third-order valence-electron chi connectivity index (χ3n) is 4.86. The molecule has 1 aromatic heterocycles. The molecule has 0 saturated carbocycles. The molecule has 4 rings (SSSR count). The number of rotatable bonds is 5. The Morgan fingerprint density at radius 1 is 1.14 bits per heavy atom. The van der Waals surface area contributed by atoms with Crippen LogP contribution in [0, 0.1) is 0 Å². The van der Waals surface area contributed by atoms with Gasteiger partial charge in [0.05, 0.1) is 24.1 Å². The van der Waals surface area contributed by atoms with Gasteiger partial charge in [-0.3, -0.25) is 4.90 Å². The van der Waals surface area contributed by atoms with Gasteiger partial charge in [-0.2, -0.15) is 0 Å². The molecule has 1 atom stereocenters. The van der Waals surface area contributed by atoms with Crippen LogP contribution >= 0.6 is 0 Å². The summed E-state index contributed by atoms with van der Waals surface area (Å²) in [5.74, 6) is -0.806. The van der Waals surface area contributed by atoms with E-state index in [4.69, 9.17) is 9.84 Å². The third kappa shape index (κ3) is 3.62. The first kappa shape index (κ1) is 18.5. The largest absolute Gasteiger partial charge is 0.482 e. The Morgan fingerprint density at radius 3 is 2.69 bits per heavy atom. The molecule has 2 aromatic carbocycles. The summed E-state index contributed by atoms with van der Waals surface area (Å²) in [6.45, 7) is -0.208. The highest BCUT2D eigenvalue weighted by atomic mass is 16.5. The van der Waals surface area contributed by atoms with Crippen molar-refractivity contribution in [3.8, 4) is 11.4 Å². The predicted molar refractivity (Wildman–Crippen MR) is 101 cm³/mol. The highest BCUT2D eigenvalue weighted by molar-refractivity contribution is 5.70. The van der Waals surface area contributed by atoms with Crippen LogP contribution in [0.2, 0.25) is 0 Å². The highest BCUT2D eigenvalue weighted by Gasteiger charge is 2.34. The summed E-state index contributed by atoms with van der Waals surface area (Å²) in [5.41, 5.74) is 3.10. The first-order valence-electron chi connectivity index (χ1n) is 8.97. The Hall–Kier alpha value is -3.88. The summed E-state index contributed by atoms with van der Waals surface area (Å²) >= 11 is 0. The van der Waals surface area contributed by atoms with E-state index in [9.17, 15) is 14.7 Å². The number of carbonyl (C=O) groups is 2. The van der Waals surface area contributed by atoms with Crippen molar-refractivity contribution in [2.24, 2.45) is 0 Å². The number of carboxylic acid groups (broad SMARTS) is 2. The molecule has 0 saturated heterocycles. The standard InChI is InChI=1S/C20H18N4O5/c25-18(26)12-29-17-6-5-14(24-10-8-21-22-24)11-16(17)19-15-4-2-1-3-13(15)7-9-23(19)20(27)28/h1-6,8,10-11,19H,7,9,12H2,(H,25,26)(H,27,28). The Balaban J connectivity index is 1.88. The molecule has 3 aromatic rings. The molecule has 2 heterocycles. The maximum absolute atomic E-state index is 12.0. The minimum absolute atomic E-state index is 0.309. The molecular weight excluding hydrogens is 376 g/mol. The van der Waals surface area contributed by atoms with E-state index in [0.29, 0.717) is 30.0 Å². The molecule has 0 fully saturated rings. The first-order chi connectivity index (χ1) is 14.0. The van der Waals surface area contributed by atoms with Gasteiger partial charge in [0.2, 0.25) is 0 Å². The molecule has 0 radical (unpaired) electrons. The van der Waals surface area contributed by atoms with Crippen molar-refractivity contribution >= 4 is 12.1 Å². The summed E-state index contributed by atoms with van der Waals surface area (Å²) < 4.78 is 7.05. The van der Waals surface area contributed by atoms with Crippen LogP contribution in [0.25, 0.3) is 5.69 Å². The van der Waals surface area contributed by atoms with Gasteiger partial charge in [0.15, 0.2) is 6.61 Å². The third-order valence-corrected chi connectivity index (χ3v) is 4.86. The van der Waals surface area contributed by atoms with Crippen molar-refractivity contribution in [1.82, 2.24) is 19.9 Å². The van der Waals surface area contributed by atoms with Gasteiger partial charge >= 0.3 is 12.1 Å². The number of fused-ring (bicyclic) bond motifs is 1. The van der Waals surface area contributed by atoms with Gasteiger partial charge in [0.1, 0.15) is 5.75 Å².